The maximum absolute atomic E-state index is 2.77. The molecule has 1 aliphatic carbocycles. The Bertz CT molecular complexity index is 379. The SMILES string of the molecule is CB1C2C=C(C)C=C2[B-](C)([Zr])N1C(C)(C)C. The molecule has 1 aliphatic heterocycles. The third-order valence-electron chi connectivity index (χ3n) is 4.16. The summed E-state index contributed by atoms with van der Waals surface area (Å²) in [6, 6.07) is 0. The van der Waals surface area contributed by atoms with E-state index in [-0.39, 0.29) is 5.54 Å². The van der Waals surface area contributed by atoms with Crippen LogP contribution in [0.25, 0.3) is 0 Å². The molecule has 0 bridgehead atoms. The van der Waals surface area contributed by atoms with Gasteiger partial charge in [-0.2, -0.15) is 0 Å². The Balaban J connectivity index is 2.45. The second-order valence-corrected chi connectivity index (χ2v) is 9.40. The average molecular weight is 292 g/mol. The minimum atomic E-state index is -0.434. The standard InChI is InChI=1S/C12H21B2N.Zr/c1-9-7-10-11(8-9)14(6)15(13(10)5)12(2,3)4;/h7-8,10H,1-6H3;/q;-1. The van der Waals surface area contributed by atoms with Crippen LogP contribution in [0.2, 0.25) is 19.5 Å². The Morgan fingerprint density at radius 3 is 2.44 bits per heavy atom. The van der Waals surface area contributed by atoms with Gasteiger partial charge in [-0.1, -0.05) is 0 Å². The van der Waals surface area contributed by atoms with Crippen molar-refractivity contribution < 1.29 is 24.5 Å². The molecule has 0 radical (unpaired) electrons. The van der Waals surface area contributed by atoms with Gasteiger partial charge in [0.2, 0.25) is 0 Å². The van der Waals surface area contributed by atoms with E-state index in [0.717, 1.165) is 0 Å². The molecule has 2 aliphatic rings. The average Bonchev–Trinajstić information content (AvgIpc) is 2.50. The van der Waals surface area contributed by atoms with Gasteiger partial charge in [0.1, 0.15) is 0 Å². The van der Waals surface area contributed by atoms with Crippen molar-refractivity contribution in [2.45, 2.75) is 52.7 Å². The molecule has 2 unspecified atom stereocenters. The van der Waals surface area contributed by atoms with Crippen LogP contribution in [0.1, 0.15) is 27.7 Å². The summed E-state index contributed by atoms with van der Waals surface area (Å²) in [4.78, 5) is 0. The van der Waals surface area contributed by atoms with Crippen molar-refractivity contribution in [3.05, 3.63) is 23.2 Å². The van der Waals surface area contributed by atoms with Gasteiger partial charge in [-0.3, -0.25) is 0 Å². The molecule has 16 heavy (non-hydrogen) atoms. The van der Waals surface area contributed by atoms with Gasteiger partial charge in [0.05, 0.1) is 0 Å². The van der Waals surface area contributed by atoms with Crippen molar-refractivity contribution in [2.75, 3.05) is 0 Å². The van der Waals surface area contributed by atoms with Crippen LogP contribution in [0.3, 0.4) is 0 Å². The van der Waals surface area contributed by atoms with Crippen molar-refractivity contribution >= 4 is 10.7 Å². The number of hydrogen-bond acceptors (Lipinski definition) is 1. The zero-order valence-corrected chi connectivity index (χ0v) is 13.8. The molecule has 0 saturated carbocycles. The zero-order chi connectivity index (χ0) is 12.3. The molecule has 4 heteroatoms. The van der Waals surface area contributed by atoms with Crippen molar-refractivity contribution in [1.29, 1.82) is 0 Å². The van der Waals surface area contributed by atoms with Gasteiger partial charge in [0.15, 0.2) is 0 Å². The maximum atomic E-state index is 2.77. The molecule has 1 saturated heterocycles. The van der Waals surface area contributed by atoms with Crippen LogP contribution in [0.4, 0.5) is 0 Å². The predicted octanol–water partition coefficient (Wildman–Crippen LogP) is 3.14. The molecule has 1 heterocycles. The number of fused-ring (bicyclic) bond motifs is 1. The molecule has 0 N–H and O–H groups in total. The van der Waals surface area contributed by atoms with E-state index in [1.54, 1.807) is 30.0 Å². The van der Waals surface area contributed by atoms with Gasteiger partial charge in [-0.05, 0) is 0 Å². The van der Waals surface area contributed by atoms with Gasteiger partial charge >= 0.3 is 116 Å². The number of hydrogen-bond donors (Lipinski definition) is 0. The van der Waals surface area contributed by atoms with E-state index in [2.05, 4.69) is 58.2 Å². The first kappa shape index (κ1) is 12.9. The molecule has 0 spiro atoms. The second kappa shape index (κ2) is 3.72. The van der Waals surface area contributed by atoms with Crippen LogP contribution in [0.15, 0.2) is 23.2 Å². The van der Waals surface area contributed by atoms with E-state index >= 15 is 0 Å². The first-order chi connectivity index (χ1) is 7.15. The topological polar surface area (TPSA) is 3.24 Å². The Morgan fingerprint density at radius 1 is 1.44 bits per heavy atom. The quantitative estimate of drug-likeness (QED) is 0.620. The zero-order valence-electron chi connectivity index (χ0n) is 11.3. The van der Waals surface area contributed by atoms with Crippen LogP contribution in [-0.4, -0.2) is 20.9 Å². The summed E-state index contributed by atoms with van der Waals surface area (Å²) in [5.41, 5.74) is 3.46. The van der Waals surface area contributed by atoms with Gasteiger partial charge in [0, 0.05) is 0 Å². The van der Waals surface area contributed by atoms with E-state index < -0.39 is 3.82 Å². The number of nitrogens with zero attached hydrogens (tertiary/aromatic N) is 1. The van der Waals surface area contributed by atoms with E-state index in [9.17, 15) is 0 Å². The molecule has 0 aromatic rings. The van der Waals surface area contributed by atoms with Crippen LogP contribution >= 0.6 is 0 Å². The van der Waals surface area contributed by atoms with E-state index in [4.69, 9.17) is 0 Å². The fourth-order valence-electron chi connectivity index (χ4n) is 3.93. The normalized spacial score (nSPS) is 35.1. The molecular formula is C12H21B2NZr-. The molecular weight excluding hydrogens is 271 g/mol. The molecule has 85 valence electrons. The van der Waals surface area contributed by atoms with Gasteiger partial charge in [0.25, 0.3) is 0 Å². The van der Waals surface area contributed by atoms with Crippen molar-refractivity contribution in [3.63, 3.8) is 0 Å². The fourth-order valence-corrected chi connectivity index (χ4v) is 6.14. The molecule has 0 aromatic heterocycles. The third kappa shape index (κ3) is 1.77. The van der Waals surface area contributed by atoms with Crippen molar-refractivity contribution in [1.82, 2.24) is 4.72 Å². The predicted molar refractivity (Wildman–Crippen MR) is 70.4 cm³/mol. The molecule has 1 fully saturated rings. The van der Waals surface area contributed by atoms with Crippen LogP contribution in [0, 0.1) is 0 Å². The summed E-state index contributed by atoms with van der Waals surface area (Å²) in [7, 11) is 0. The van der Waals surface area contributed by atoms with Gasteiger partial charge < -0.3 is 0 Å². The second-order valence-electron chi connectivity index (χ2n) is 6.64. The van der Waals surface area contributed by atoms with E-state index in [1.165, 1.54) is 5.57 Å². The Hall–Kier alpha value is 0.453. The molecule has 0 amide bonds. The van der Waals surface area contributed by atoms with Crippen molar-refractivity contribution in [3.8, 4) is 0 Å². The third-order valence-corrected chi connectivity index (χ3v) is 5.66. The summed E-state index contributed by atoms with van der Waals surface area (Å²) >= 11 is 1.67. The van der Waals surface area contributed by atoms with E-state index in [0.29, 0.717) is 12.7 Å². The monoisotopic (exact) mass is 291 g/mol. The summed E-state index contributed by atoms with van der Waals surface area (Å²) in [5, 5.41) is 0. The summed E-state index contributed by atoms with van der Waals surface area (Å²) < 4.78 is 2.33. The molecule has 1 nitrogen and oxygen atoms in total. The van der Waals surface area contributed by atoms with Crippen LogP contribution in [-0.2, 0) is 24.5 Å². The summed E-state index contributed by atoms with van der Waals surface area (Å²) in [6.45, 7) is 14.8. The number of allylic oxidation sites excluding steroid dienone is 4. The Kier molecular flexibility index (Phi) is 3.00. The molecule has 2 rings (SSSR count). The first-order valence-corrected chi connectivity index (χ1v) is 7.71. The first-order valence-electron chi connectivity index (χ1n) is 6.29. The number of rotatable bonds is 0. The summed E-state index contributed by atoms with van der Waals surface area (Å²) in [6.07, 6.45) is 4.91. The van der Waals surface area contributed by atoms with E-state index in [1.807, 2.05) is 0 Å². The Morgan fingerprint density at radius 2 is 2.00 bits per heavy atom. The molecule has 0 aromatic carbocycles. The minimum absolute atomic E-state index is 0.282. The Labute approximate surface area is 115 Å². The van der Waals surface area contributed by atoms with Crippen LogP contribution in [0.5, 0.6) is 0 Å². The fraction of sp³-hybridized carbons (Fsp3) is 0.667. The summed E-state index contributed by atoms with van der Waals surface area (Å²) in [5.74, 6) is 0.684. The van der Waals surface area contributed by atoms with Gasteiger partial charge in [-0.15, -0.1) is 0 Å². The van der Waals surface area contributed by atoms with Gasteiger partial charge in [-0.25, -0.2) is 0 Å². The van der Waals surface area contributed by atoms with Crippen LogP contribution < -0.4 is 0 Å². The van der Waals surface area contributed by atoms with Crippen molar-refractivity contribution in [2.24, 2.45) is 0 Å². The molecule has 2 atom stereocenters.